The number of hydrogen-bond donors (Lipinski definition) is 1. The molecule has 0 atom stereocenters. The van der Waals surface area contributed by atoms with E-state index >= 15 is 0 Å². The molecule has 1 aliphatic heterocycles. The molecule has 0 spiro atoms. The van der Waals surface area contributed by atoms with Crippen molar-refractivity contribution in [1.29, 1.82) is 0 Å². The molecule has 4 heteroatoms. The summed E-state index contributed by atoms with van der Waals surface area (Å²) < 4.78 is 0. The summed E-state index contributed by atoms with van der Waals surface area (Å²) >= 11 is 0. The van der Waals surface area contributed by atoms with Crippen molar-refractivity contribution in [3.8, 4) is 0 Å². The van der Waals surface area contributed by atoms with Gasteiger partial charge in [0.25, 0.3) is 0 Å². The first-order valence-electron chi connectivity index (χ1n) is 7.51. The van der Waals surface area contributed by atoms with E-state index in [0.717, 1.165) is 24.8 Å². The van der Waals surface area contributed by atoms with Gasteiger partial charge in [0.05, 0.1) is 11.4 Å². The Morgan fingerprint density at radius 1 is 1.16 bits per heavy atom. The van der Waals surface area contributed by atoms with Gasteiger partial charge in [0.15, 0.2) is 0 Å². The lowest BCUT2D eigenvalue weighted by Crippen LogP contribution is -2.50. The van der Waals surface area contributed by atoms with E-state index in [1.807, 2.05) is 12.3 Å². The molecular formula is C15H24N4. The van der Waals surface area contributed by atoms with Crippen molar-refractivity contribution in [1.82, 2.24) is 9.88 Å². The second kappa shape index (κ2) is 5.88. The highest BCUT2D eigenvalue weighted by atomic mass is 15.3. The summed E-state index contributed by atoms with van der Waals surface area (Å²) in [6.45, 7) is 5.11. The zero-order valence-corrected chi connectivity index (χ0v) is 11.6. The van der Waals surface area contributed by atoms with Gasteiger partial charge >= 0.3 is 0 Å². The average Bonchev–Trinajstić information content (AvgIpc) is 3.02. The van der Waals surface area contributed by atoms with Crippen molar-refractivity contribution >= 4 is 5.69 Å². The Morgan fingerprint density at radius 3 is 2.58 bits per heavy atom. The second-order valence-electron chi connectivity index (χ2n) is 5.63. The van der Waals surface area contributed by atoms with E-state index in [9.17, 15) is 0 Å². The van der Waals surface area contributed by atoms with E-state index in [2.05, 4.69) is 20.9 Å². The fourth-order valence-corrected chi connectivity index (χ4v) is 3.47. The van der Waals surface area contributed by atoms with Crippen LogP contribution < -0.4 is 10.6 Å². The summed E-state index contributed by atoms with van der Waals surface area (Å²) in [6.07, 6.45) is 7.48. The molecule has 0 bridgehead atoms. The fraction of sp³-hybridized carbons (Fsp3) is 0.667. The minimum absolute atomic E-state index is 0.527. The predicted octanol–water partition coefficient (Wildman–Crippen LogP) is 1.60. The van der Waals surface area contributed by atoms with E-state index in [1.54, 1.807) is 0 Å². The number of hydrogen-bond acceptors (Lipinski definition) is 4. The van der Waals surface area contributed by atoms with E-state index in [-0.39, 0.29) is 0 Å². The van der Waals surface area contributed by atoms with Crippen LogP contribution in [0.15, 0.2) is 18.3 Å². The van der Waals surface area contributed by atoms with Gasteiger partial charge in [0.1, 0.15) is 0 Å². The minimum Gasteiger partial charge on any atom is -0.367 e. The molecule has 2 fully saturated rings. The quantitative estimate of drug-likeness (QED) is 0.897. The van der Waals surface area contributed by atoms with Crippen LogP contribution in [-0.4, -0.2) is 42.1 Å². The van der Waals surface area contributed by atoms with Gasteiger partial charge in [-0.3, -0.25) is 9.88 Å². The largest absolute Gasteiger partial charge is 0.367 e. The van der Waals surface area contributed by atoms with Crippen molar-refractivity contribution in [2.24, 2.45) is 5.73 Å². The van der Waals surface area contributed by atoms with Crippen LogP contribution in [0.5, 0.6) is 0 Å². The first-order valence-corrected chi connectivity index (χ1v) is 7.51. The zero-order valence-electron chi connectivity index (χ0n) is 11.6. The molecule has 1 saturated carbocycles. The van der Waals surface area contributed by atoms with Crippen LogP contribution in [0.25, 0.3) is 0 Å². The molecule has 2 N–H and O–H groups in total. The first-order chi connectivity index (χ1) is 9.38. The van der Waals surface area contributed by atoms with E-state index in [1.165, 1.54) is 44.5 Å². The summed E-state index contributed by atoms with van der Waals surface area (Å²) in [4.78, 5) is 9.52. The van der Waals surface area contributed by atoms with E-state index < -0.39 is 0 Å². The Hall–Kier alpha value is -1.13. The lowest BCUT2D eigenvalue weighted by Gasteiger charge is -2.39. The summed E-state index contributed by atoms with van der Waals surface area (Å²) in [5.74, 6) is 0. The summed E-state index contributed by atoms with van der Waals surface area (Å²) in [7, 11) is 0. The van der Waals surface area contributed by atoms with Crippen LogP contribution in [-0.2, 0) is 6.54 Å². The van der Waals surface area contributed by atoms with Gasteiger partial charge < -0.3 is 10.6 Å². The van der Waals surface area contributed by atoms with Crippen LogP contribution in [0, 0.1) is 0 Å². The number of piperazine rings is 1. The molecule has 2 heterocycles. The van der Waals surface area contributed by atoms with Gasteiger partial charge in [-0.2, -0.15) is 0 Å². The van der Waals surface area contributed by atoms with Crippen molar-refractivity contribution in [2.75, 3.05) is 31.1 Å². The number of anilines is 1. The topological polar surface area (TPSA) is 45.4 Å². The minimum atomic E-state index is 0.527. The number of pyridine rings is 1. The Morgan fingerprint density at radius 2 is 1.89 bits per heavy atom. The lowest BCUT2D eigenvalue weighted by molar-refractivity contribution is 0.187. The molecule has 1 aromatic heterocycles. The van der Waals surface area contributed by atoms with Gasteiger partial charge in [-0.15, -0.1) is 0 Å². The summed E-state index contributed by atoms with van der Waals surface area (Å²) in [6, 6.07) is 5.02. The van der Waals surface area contributed by atoms with Crippen LogP contribution in [0.2, 0.25) is 0 Å². The standard InChI is InChI=1S/C15H24N4/c16-12-14-15(6-3-7-17-14)19-10-8-18(9-11-19)13-4-1-2-5-13/h3,6-7,13H,1-2,4-5,8-12,16H2. The Bertz CT molecular complexity index is 406. The highest BCUT2D eigenvalue weighted by molar-refractivity contribution is 5.50. The third kappa shape index (κ3) is 2.74. The molecular weight excluding hydrogens is 236 g/mol. The monoisotopic (exact) mass is 260 g/mol. The molecule has 4 nitrogen and oxygen atoms in total. The van der Waals surface area contributed by atoms with E-state index in [4.69, 9.17) is 5.73 Å². The molecule has 1 saturated heterocycles. The third-order valence-corrected chi connectivity index (χ3v) is 4.56. The Balaban J connectivity index is 1.63. The average molecular weight is 260 g/mol. The maximum atomic E-state index is 5.78. The Labute approximate surface area is 115 Å². The Kier molecular flexibility index (Phi) is 3.99. The molecule has 1 aromatic rings. The molecule has 1 aliphatic carbocycles. The SMILES string of the molecule is NCc1ncccc1N1CCN(C2CCCC2)CC1. The lowest BCUT2D eigenvalue weighted by atomic mass is 10.1. The third-order valence-electron chi connectivity index (χ3n) is 4.56. The number of aromatic nitrogens is 1. The summed E-state index contributed by atoms with van der Waals surface area (Å²) in [5, 5.41) is 0. The molecule has 2 aliphatic rings. The summed E-state index contributed by atoms with van der Waals surface area (Å²) in [5.41, 5.74) is 8.04. The van der Waals surface area contributed by atoms with Gasteiger partial charge in [0.2, 0.25) is 0 Å². The second-order valence-corrected chi connectivity index (χ2v) is 5.63. The highest BCUT2D eigenvalue weighted by Gasteiger charge is 2.26. The molecule has 0 radical (unpaired) electrons. The zero-order chi connectivity index (χ0) is 13.1. The fourth-order valence-electron chi connectivity index (χ4n) is 3.47. The predicted molar refractivity (Wildman–Crippen MR) is 78.2 cm³/mol. The molecule has 0 unspecified atom stereocenters. The maximum Gasteiger partial charge on any atom is 0.0772 e. The molecule has 104 valence electrons. The van der Waals surface area contributed by atoms with E-state index in [0.29, 0.717) is 6.54 Å². The van der Waals surface area contributed by atoms with Crippen molar-refractivity contribution in [2.45, 2.75) is 38.3 Å². The number of rotatable bonds is 3. The van der Waals surface area contributed by atoms with Crippen LogP contribution in [0.4, 0.5) is 5.69 Å². The van der Waals surface area contributed by atoms with Crippen molar-refractivity contribution in [3.63, 3.8) is 0 Å². The molecule has 0 aromatic carbocycles. The number of nitrogens with zero attached hydrogens (tertiary/aromatic N) is 3. The first kappa shape index (κ1) is 12.9. The highest BCUT2D eigenvalue weighted by Crippen LogP contribution is 2.26. The normalized spacial score (nSPS) is 22.1. The van der Waals surface area contributed by atoms with Gasteiger partial charge in [-0.25, -0.2) is 0 Å². The van der Waals surface area contributed by atoms with Crippen LogP contribution >= 0.6 is 0 Å². The van der Waals surface area contributed by atoms with Crippen molar-refractivity contribution in [3.05, 3.63) is 24.0 Å². The van der Waals surface area contributed by atoms with Crippen LogP contribution in [0.1, 0.15) is 31.4 Å². The van der Waals surface area contributed by atoms with Gasteiger partial charge in [0, 0.05) is 45.0 Å². The smallest absolute Gasteiger partial charge is 0.0772 e. The number of nitrogens with two attached hydrogens (primary N) is 1. The van der Waals surface area contributed by atoms with Gasteiger partial charge in [-0.1, -0.05) is 12.8 Å². The molecule has 19 heavy (non-hydrogen) atoms. The van der Waals surface area contributed by atoms with Crippen LogP contribution in [0.3, 0.4) is 0 Å². The maximum absolute atomic E-state index is 5.78. The molecule has 0 amide bonds. The van der Waals surface area contributed by atoms with Crippen molar-refractivity contribution < 1.29 is 0 Å². The van der Waals surface area contributed by atoms with Gasteiger partial charge in [-0.05, 0) is 25.0 Å². The molecule has 3 rings (SSSR count).